The Kier molecular flexibility index (Phi) is 6.89. The summed E-state index contributed by atoms with van der Waals surface area (Å²) < 4.78 is 5.40. The normalized spacial score (nSPS) is 10.3. The van der Waals surface area contributed by atoms with Crippen molar-refractivity contribution in [2.24, 2.45) is 0 Å². The minimum Gasteiger partial charge on any atom is -0.484 e. The molecule has 0 unspecified atom stereocenters. The molecule has 0 atom stereocenters. The van der Waals surface area contributed by atoms with Gasteiger partial charge in [0.15, 0.2) is 6.61 Å². The van der Waals surface area contributed by atoms with Crippen molar-refractivity contribution in [2.75, 3.05) is 25.5 Å². The van der Waals surface area contributed by atoms with E-state index in [2.05, 4.69) is 5.32 Å². The van der Waals surface area contributed by atoms with E-state index in [0.717, 1.165) is 16.8 Å². The Labute approximate surface area is 162 Å². The van der Waals surface area contributed by atoms with Gasteiger partial charge in [0, 0.05) is 22.8 Å². The van der Waals surface area contributed by atoms with Gasteiger partial charge in [-0.05, 0) is 43.2 Å². The highest BCUT2D eigenvalue weighted by molar-refractivity contribution is 6.34. The number of likely N-dealkylation sites (N-methyl/N-ethyl adjacent to an activating group) is 1. The average molecular weight is 395 g/mol. The molecule has 2 rings (SSSR count). The SMILES string of the molecule is Cc1cccc(C)c1NC(=O)CN(C)C(=O)COc1cc(Cl)cc(Cl)c1. The van der Waals surface area contributed by atoms with Crippen LogP contribution in [0.25, 0.3) is 0 Å². The number of ether oxygens (including phenoxy) is 1. The molecule has 2 aromatic rings. The topological polar surface area (TPSA) is 58.6 Å². The number of anilines is 1. The zero-order valence-electron chi connectivity index (χ0n) is 14.8. The standard InChI is InChI=1S/C19H20Cl2N2O3/c1-12-5-4-6-13(2)19(12)22-17(24)10-23(3)18(25)11-26-16-8-14(20)7-15(21)9-16/h4-9H,10-11H2,1-3H3,(H,22,24). The molecule has 2 amide bonds. The van der Waals surface area contributed by atoms with Crippen LogP contribution in [0.3, 0.4) is 0 Å². The largest absolute Gasteiger partial charge is 0.484 e. The van der Waals surface area contributed by atoms with Gasteiger partial charge < -0.3 is 15.0 Å². The van der Waals surface area contributed by atoms with Crippen molar-refractivity contribution in [3.8, 4) is 5.75 Å². The number of hydrogen-bond acceptors (Lipinski definition) is 3. The number of para-hydroxylation sites is 1. The molecule has 0 saturated heterocycles. The van der Waals surface area contributed by atoms with E-state index in [4.69, 9.17) is 27.9 Å². The first kappa shape index (κ1) is 20.1. The highest BCUT2D eigenvalue weighted by Gasteiger charge is 2.15. The maximum absolute atomic E-state index is 12.2. The lowest BCUT2D eigenvalue weighted by molar-refractivity contribution is -0.135. The zero-order chi connectivity index (χ0) is 19.3. The summed E-state index contributed by atoms with van der Waals surface area (Å²) in [7, 11) is 1.54. The summed E-state index contributed by atoms with van der Waals surface area (Å²) in [5.74, 6) is -0.217. The highest BCUT2D eigenvalue weighted by atomic mass is 35.5. The second-order valence-corrected chi connectivity index (χ2v) is 6.83. The molecule has 0 aromatic heterocycles. The van der Waals surface area contributed by atoms with Gasteiger partial charge in [-0.3, -0.25) is 9.59 Å². The Balaban J connectivity index is 1.89. The van der Waals surface area contributed by atoms with Gasteiger partial charge in [0.05, 0.1) is 6.54 Å². The van der Waals surface area contributed by atoms with Crippen LogP contribution in [0.1, 0.15) is 11.1 Å². The van der Waals surface area contributed by atoms with Crippen LogP contribution in [-0.4, -0.2) is 36.9 Å². The second-order valence-electron chi connectivity index (χ2n) is 5.96. The van der Waals surface area contributed by atoms with E-state index >= 15 is 0 Å². The summed E-state index contributed by atoms with van der Waals surface area (Å²) in [5, 5.41) is 3.68. The molecule has 0 aliphatic carbocycles. The lowest BCUT2D eigenvalue weighted by atomic mass is 10.1. The van der Waals surface area contributed by atoms with E-state index < -0.39 is 0 Å². The third-order valence-electron chi connectivity index (χ3n) is 3.75. The van der Waals surface area contributed by atoms with Gasteiger partial charge in [0.2, 0.25) is 5.91 Å². The molecule has 0 radical (unpaired) electrons. The average Bonchev–Trinajstić information content (AvgIpc) is 2.55. The van der Waals surface area contributed by atoms with Gasteiger partial charge in [-0.25, -0.2) is 0 Å². The summed E-state index contributed by atoms with van der Waals surface area (Å²) in [6.45, 7) is 3.54. The summed E-state index contributed by atoms with van der Waals surface area (Å²) in [5.41, 5.74) is 2.70. The fraction of sp³-hybridized carbons (Fsp3) is 0.263. The summed E-state index contributed by atoms with van der Waals surface area (Å²) in [4.78, 5) is 25.7. The first-order valence-corrected chi connectivity index (χ1v) is 8.71. The molecule has 0 heterocycles. The molecule has 0 fully saturated rings. The van der Waals surface area contributed by atoms with Crippen LogP contribution in [-0.2, 0) is 9.59 Å². The Bertz CT molecular complexity index is 784. The molecule has 26 heavy (non-hydrogen) atoms. The smallest absolute Gasteiger partial charge is 0.260 e. The van der Waals surface area contributed by atoms with Crippen molar-refractivity contribution in [1.29, 1.82) is 0 Å². The van der Waals surface area contributed by atoms with Crippen molar-refractivity contribution in [1.82, 2.24) is 4.90 Å². The molecular weight excluding hydrogens is 375 g/mol. The molecule has 0 aliphatic rings. The van der Waals surface area contributed by atoms with Crippen LogP contribution in [0.15, 0.2) is 36.4 Å². The van der Waals surface area contributed by atoms with Crippen LogP contribution < -0.4 is 10.1 Å². The van der Waals surface area contributed by atoms with Crippen molar-refractivity contribution in [3.63, 3.8) is 0 Å². The molecule has 138 valence electrons. The van der Waals surface area contributed by atoms with Crippen molar-refractivity contribution >= 4 is 40.7 Å². The van der Waals surface area contributed by atoms with Gasteiger partial charge in [0.25, 0.3) is 5.91 Å². The van der Waals surface area contributed by atoms with Crippen molar-refractivity contribution in [3.05, 3.63) is 57.6 Å². The van der Waals surface area contributed by atoms with Crippen LogP contribution >= 0.6 is 23.2 Å². The fourth-order valence-electron chi connectivity index (χ4n) is 2.36. The number of amides is 2. The van der Waals surface area contributed by atoms with Crippen molar-refractivity contribution < 1.29 is 14.3 Å². The summed E-state index contributed by atoms with van der Waals surface area (Å²) in [6, 6.07) is 10.5. The number of aryl methyl sites for hydroxylation is 2. The maximum atomic E-state index is 12.2. The van der Waals surface area contributed by atoms with E-state index in [1.165, 1.54) is 4.90 Å². The highest BCUT2D eigenvalue weighted by Crippen LogP contribution is 2.24. The van der Waals surface area contributed by atoms with E-state index in [9.17, 15) is 9.59 Å². The van der Waals surface area contributed by atoms with E-state index in [1.807, 2.05) is 32.0 Å². The lowest BCUT2D eigenvalue weighted by Crippen LogP contribution is -2.37. The number of hydrogen-bond donors (Lipinski definition) is 1. The number of carbonyl (C=O) groups is 2. The third-order valence-corrected chi connectivity index (χ3v) is 4.19. The molecule has 5 nitrogen and oxygen atoms in total. The molecular formula is C19H20Cl2N2O3. The first-order chi connectivity index (χ1) is 12.3. The number of nitrogens with zero attached hydrogens (tertiary/aromatic N) is 1. The Morgan fingerprint density at radius 2 is 1.65 bits per heavy atom. The second kappa shape index (κ2) is 8.92. The van der Waals surface area contributed by atoms with Crippen LogP contribution in [0.5, 0.6) is 5.75 Å². The van der Waals surface area contributed by atoms with E-state index in [1.54, 1.807) is 25.2 Å². The summed E-state index contributed by atoms with van der Waals surface area (Å²) in [6.07, 6.45) is 0. The molecule has 0 bridgehead atoms. The van der Waals surface area contributed by atoms with Gasteiger partial charge in [-0.1, -0.05) is 41.4 Å². The van der Waals surface area contributed by atoms with Crippen LogP contribution in [0, 0.1) is 13.8 Å². The van der Waals surface area contributed by atoms with Gasteiger partial charge in [-0.2, -0.15) is 0 Å². The lowest BCUT2D eigenvalue weighted by Gasteiger charge is -2.18. The fourth-order valence-corrected chi connectivity index (χ4v) is 2.87. The van der Waals surface area contributed by atoms with Gasteiger partial charge >= 0.3 is 0 Å². The number of halogens is 2. The Hall–Kier alpha value is -2.24. The monoisotopic (exact) mass is 394 g/mol. The first-order valence-electron chi connectivity index (χ1n) is 7.95. The number of carbonyl (C=O) groups excluding carboxylic acids is 2. The minimum absolute atomic E-state index is 0.0771. The predicted octanol–water partition coefficient (Wildman–Crippen LogP) is 4.09. The van der Waals surface area contributed by atoms with E-state index in [0.29, 0.717) is 15.8 Å². The Morgan fingerprint density at radius 1 is 1.08 bits per heavy atom. The predicted molar refractivity (Wildman–Crippen MR) is 104 cm³/mol. The van der Waals surface area contributed by atoms with Gasteiger partial charge in [-0.15, -0.1) is 0 Å². The van der Waals surface area contributed by atoms with Crippen LogP contribution in [0.4, 0.5) is 5.69 Å². The minimum atomic E-state index is -0.335. The van der Waals surface area contributed by atoms with E-state index in [-0.39, 0.29) is 25.0 Å². The maximum Gasteiger partial charge on any atom is 0.260 e. The number of benzene rings is 2. The number of nitrogens with one attached hydrogen (secondary N) is 1. The quantitative estimate of drug-likeness (QED) is 0.802. The summed E-state index contributed by atoms with van der Waals surface area (Å²) >= 11 is 11.8. The zero-order valence-corrected chi connectivity index (χ0v) is 16.3. The van der Waals surface area contributed by atoms with Gasteiger partial charge in [0.1, 0.15) is 5.75 Å². The van der Waals surface area contributed by atoms with Crippen LogP contribution in [0.2, 0.25) is 10.0 Å². The molecule has 7 heteroatoms. The molecule has 2 aromatic carbocycles. The number of rotatable bonds is 6. The molecule has 1 N–H and O–H groups in total. The molecule has 0 aliphatic heterocycles. The van der Waals surface area contributed by atoms with Crippen molar-refractivity contribution in [2.45, 2.75) is 13.8 Å². The Morgan fingerprint density at radius 3 is 2.23 bits per heavy atom. The molecule has 0 spiro atoms. The molecule has 0 saturated carbocycles. The third kappa shape index (κ3) is 5.64.